The standard InChI is InChI=1S/C22H16FN3O3S/c23-18-11-8-16(21-25-26-22(30)29-21)12-19(18)24-20(27)15-6-9-17(10-7-15)28-13-14-4-2-1-3-5-14/h1-12H,13H2,(H,24,27)(H,26,30). The summed E-state index contributed by atoms with van der Waals surface area (Å²) in [5, 5.41) is 8.96. The molecule has 3 aromatic carbocycles. The number of anilines is 1. The maximum atomic E-state index is 14.2. The van der Waals surface area contributed by atoms with Gasteiger partial charge in [0, 0.05) is 11.1 Å². The van der Waals surface area contributed by atoms with Crippen LogP contribution in [0, 0.1) is 10.7 Å². The molecule has 150 valence electrons. The minimum atomic E-state index is -0.580. The number of nitrogens with zero attached hydrogens (tertiary/aromatic N) is 1. The van der Waals surface area contributed by atoms with Crippen LogP contribution in [0.3, 0.4) is 0 Å². The van der Waals surface area contributed by atoms with E-state index in [4.69, 9.17) is 21.4 Å². The van der Waals surface area contributed by atoms with Crippen molar-refractivity contribution in [3.05, 3.63) is 94.6 Å². The lowest BCUT2D eigenvalue weighted by Crippen LogP contribution is -2.13. The molecule has 1 amide bonds. The van der Waals surface area contributed by atoms with Crippen LogP contribution in [0.15, 0.2) is 77.2 Å². The van der Waals surface area contributed by atoms with E-state index in [0.717, 1.165) is 5.56 Å². The van der Waals surface area contributed by atoms with E-state index in [-0.39, 0.29) is 16.4 Å². The average molecular weight is 421 g/mol. The Hall–Kier alpha value is -3.78. The predicted molar refractivity (Wildman–Crippen MR) is 112 cm³/mol. The fraction of sp³-hybridized carbons (Fsp3) is 0.0455. The van der Waals surface area contributed by atoms with Crippen LogP contribution in [0.2, 0.25) is 0 Å². The molecule has 0 aliphatic heterocycles. The van der Waals surface area contributed by atoms with Crippen LogP contribution >= 0.6 is 12.2 Å². The van der Waals surface area contributed by atoms with Gasteiger partial charge in [0.15, 0.2) is 0 Å². The minimum Gasteiger partial charge on any atom is -0.489 e. The lowest BCUT2D eigenvalue weighted by molar-refractivity contribution is 0.102. The Bertz CT molecular complexity index is 1220. The second-order valence-corrected chi connectivity index (χ2v) is 6.74. The largest absolute Gasteiger partial charge is 0.489 e. The van der Waals surface area contributed by atoms with Crippen molar-refractivity contribution in [1.82, 2.24) is 10.2 Å². The van der Waals surface area contributed by atoms with Gasteiger partial charge < -0.3 is 14.5 Å². The summed E-state index contributed by atoms with van der Waals surface area (Å²) in [7, 11) is 0. The third-order valence-corrected chi connectivity index (χ3v) is 4.44. The van der Waals surface area contributed by atoms with E-state index in [1.807, 2.05) is 30.3 Å². The van der Waals surface area contributed by atoms with Crippen LogP contribution in [0.4, 0.5) is 10.1 Å². The zero-order valence-electron chi connectivity index (χ0n) is 15.6. The molecule has 2 N–H and O–H groups in total. The Morgan fingerprint density at radius 2 is 1.87 bits per heavy atom. The number of H-pyrrole nitrogens is 1. The molecule has 0 atom stereocenters. The van der Waals surface area contributed by atoms with Crippen molar-refractivity contribution in [2.24, 2.45) is 0 Å². The molecule has 0 saturated heterocycles. The Morgan fingerprint density at radius 3 is 2.57 bits per heavy atom. The summed E-state index contributed by atoms with van der Waals surface area (Å²) in [4.78, 5) is 12.6. The number of rotatable bonds is 6. The Morgan fingerprint density at radius 1 is 1.10 bits per heavy atom. The van der Waals surface area contributed by atoms with E-state index >= 15 is 0 Å². The summed E-state index contributed by atoms with van der Waals surface area (Å²) in [5.74, 6) is -0.202. The summed E-state index contributed by atoms with van der Waals surface area (Å²) in [6.07, 6.45) is 0. The molecule has 0 radical (unpaired) electrons. The average Bonchev–Trinajstić information content (AvgIpc) is 3.21. The van der Waals surface area contributed by atoms with Gasteiger partial charge in [0.05, 0.1) is 5.69 Å². The van der Waals surface area contributed by atoms with Crippen LogP contribution in [0.5, 0.6) is 5.75 Å². The van der Waals surface area contributed by atoms with Crippen molar-refractivity contribution in [2.45, 2.75) is 6.61 Å². The van der Waals surface area contributed by atoms with Crippen molar-refractivity contribution >= 4 is 23.8 Å². The second-order valence-electron chi connectivity index (χ2n) is 6.37. The number of carbonyl (C=O) groups is 1. The molecule has 0 saturated carbocycles. The molecule has 8 heteroatoms. The first-order valence-electron chi connectivity index (χ1n) is 9.02. The number of ether oxygens (including phenoxy) is 1. The highest BCUT2D eigenvalue weighted by Gasteiger charge is 2.13. The minimum absolute atomic E-state index is 0.00558. The SMILES string of the molecule is O=C(Nc1cc(-c2n[nH]c(=S)o2)ccc1F)c1ccc(OCc2ccccc2)cc1. The maximum Gasteiger partial charge on any atom is 0.284 e. The first-order chi connectivity index (χ1) is 14.6. The molecule has 0 spiro atoms. The predicted octanol–water partition coefficient (Wildman–Crippen LogP) is 5.37. The quantitative estimate of drug-likeness (QED) is 0.409. The van der Waals surface area contributed by atoms with Gasteiger partial charge in [0.25, 0.3) is 10.7 Å². The normalized spacial score (nSPS) is 10.6. The lowest BCUT2D eigenvalue weighted by atomic mass is 10.1. The number of hydrogen-bond acceptors (Lipinski definition) is 5. The molecule has 0 aliphatic carbocycles. The van der Waals surface area contributed by atoms with Crippen LogP contribution in [-0.2, 0) is 6.61 Å². The summed E-state index contributed by atoms with van der Waals surface area (Å²) in [6.45, 7) is 0.425. The van der Waals surface area contributed by atoms with Gasteiger partial charge >= 0.3 is 0 Å². The molecule has 4 aromatic rings. The lowest BCUT2D eigenvalue weighted by Gasteiger charge is -2.09. The van der Waals surface area contributed by atoms with Crippen molar-refractivity contribution in [2.75, 3.05) is 5.32 Å². The third kappa shape index (κ3) is 4.61. The Balaban J connectivity index is 1.44. The number of carbonyl (C=O) groups excluding carboxylic acids is 1. The summed E-state index contributed by atoms with van der Waals surface area (Å²) in [6, 6.07) is 20.5. The smallest absolute Gasteiger partial charge is 0.284 e. The fourth-order valence-corrected chi connectivity index (χ4v) is 2.87. The zero-order chi connectivity index (χ0) is 20.9. The molecule has 6 nitrogen and oxygen atoms in total. The van der Waals surface area contributed by atoms with Crippen molar-refractivity contribution < 1.29 is 18.3 Å². The van der Waals surface area contributed by atoms with Gasteiger partial charge in [-0.3, -0.25) is 4.79 Å². The van der Waals surface area contributed by atoms with E-state index in [1.165, 1.54) is 18.2 Å². The van der Waals surface area contributed by atoms with Crippen molar-refractivity contribution in [3.63, 3.8) is 0 Å². The number of nitrogens with one attached hydrogen (secondary N) is 2. The van der Waals surface area contributed by atoms with Gasteiger partial charge in [-0.1, -0.05) is 30.3 Å². The van der Waals surface area contributed by atoms with Gasteiger partial charge in [-0.05, 0) is 60.2 Å². The van der Waals surface area contributed by atoms with Crippen LogP contribution in [0.1, 0.15) is 15.9 Å². The summed E-state index contributed by atoms with van der Waals surface area (Å²) in [5.41, 5.74) is 1.89. The van der Waals surface area contributed by atoms with Crippen LogP contribution in [0.25, 0.3) is 11.5 Å². The molecule has 1 heterocycles. The summed E-state index contributed by atoms with van der Waals surface area (Å²) < 4.78 is 25.1. The van der Waals surface area contributed by atoms with Gasteiger partial charge in [0.2, 0.25) is 5.89 Å². The van der Waals surface area contributed by atoms with E-state index in [0.29, 0.717) is 23.5 Å². The fourth-order valence-electron chi connectivity index (χ4n) is 2.75. The monoisotopic (exact) mass is 421 g/mol. The van der Waals surface area contributed by atoms with Gasteiger partial charge in [0.1, 0.15) is 18.2 Å². The first-order valence-corrected chi connectivity index (χ1v) is 9.43. The highest BCUT2D eigenvalue weighted by molar-refractivity contribution is 7.71. The van der Waals surface area contributed by atoms with E-state index in [1.54, 1.807) is 24.3 Å². The molecular weight excluding hydrogens is 405 g/mol. The number of benzene rings is 3. The summed E-state index contributed by atoms with van der Waals surface area (Å²) >= 11 is 4.84. The van der Waals surface area contributed by atoms with E-state index in [2.05, 4.69) is 15.5 Å². The van der Waals surface area contributed by atoms with Crippen LogP contribution in [-0.4, -0.2) is 16.1 Å². The zero-order valence-corrected chi connectivity index (χ0v) is 16.4. The number of aromatic amines is 1. The molecule has 0 aliphatic rings. The topological polar surface area (TPSA) is 80.2 Å². The Labute approximate surface area is 176 Å². The number of halogens is 1. The van der Waals surface area contributed by atoms with Crippen LogP contribution < -0.4 is 10.1 Å². The van der Waals surface area contributed by atoms with Crippen molar-refractivity contribution in [1.29, 1.82) is 0 Å². The van der Waals surface area contributed by atoms with Gasteiger partial charge in [-0.25, -0.2) is 9.49 Å². The molecule has 4 rings (SSSR count). The van der Waals surface area contributed by atoms with E-state index < -0.39 is 11.7 Å². The molecular formula is C22H16FN3O3S. The van der Waals surface area contributed by atoms with Crippen molar-refractivity contribution in [3.8, 4) is 17.2 Å². The highest BCUT2D eigenvalue weighted by atomic mass is 32.1. The van der Waals surface area contributed by atoms with Gasteiger partial charge in [-0.15, -0.1) is 5.10 Å². The first kappa shape index (κ1) is 19.5. The molecule has 0 fully saturated rings. The second kappa shape index (κ2) is 8.71. The molecule has 1 aromatic heterocycles. The van der Waals surface area contributed by atoms with E-state index in [9.17, 15) is 9.18 Å². The van der Waals surface area contributed by atoms with Gasteiger partial charge in [-0.2, -0.15) is 0 Å². The number of hydrogen-bond donors (Lipinski definition) is 2. The third-order valence-electron chi connectivity index (χ3n) is 4.26. The number of aromatic nitrogens is 2. The maximum absolute atomic E-state index is 14.2. The molecule has 0 bridgehead atoms. The Kier molecular flexibility index (Phi) is 5.67. The highest BCUT2D eigenvalue weighted by Crippen LogP contribution is 2.24. The molecule has 0 unspecified atom stereocenters. The molecule has 30 heavy (non-hydrogen) atoms. The number of amides is 1.